The highest BCUT2D eigenvalue weighted by Gasteiger charge is 2.29. The van der Waals surface area contributed by atoms with Gasteiger partial charge in [0.25, 0.3) is 10.0 Å². The second-order valence-corrected chi connectivity index (χ2v) is 8.89. The minimum absolute atomic E-state index is 0.0210. The Morgan fingerprint density at radius 2 is 1.58 bits per heavy atom. The van der Waals surface area contributed by atoms with Crippen molar-refractivity contribution in [3.8, 4) is 0 Å². The molecule has 2 N–H and O–H groups in total. The molecule has 0 bridgehead atoms. The van der Waals surface area contributed by atoms with Crippen molar-refractivity contribution in [3.05, 3.63) is 53.8 Å². The predicted molar refractivity (Wildman–Crippen MR) is 87.1 cm³/mol. The van der Waals surface area contributed by atoms with Crippen molar-refractivity contribution in [1.29, 1.82) is 0 Å². The van der Waals surface area contributed by atoms with Gasteiger partial charge in [-0.1, -0.05) is 0 Å². The molecule has 1 aliphatic rings. The predicted octanol–water partition coefficient (Wildman–Crippen LogP) is 1.61. The second kappa shape index (κ2) is 5.83. The van der Waals surface area contributed by atoms with Gasteiger partial charge < -0.3 is 0 Å². The average Bonchev–Trinajstić information content (AvgIpc) is 2.53. The molecule has 3 rings (SSSR count). The number of fused-ring (bicyclic) bond motifs is 1. The Kier molecular flexibility index (Phi) is 4.10. The van der Waals surface area contributed by atoms with Gasteiger partial charge in [-0.15, -0.1) is 0 Å². The van der Waals surface area contributed by atoms with Gasteiger partial charge in [0.2, 0.25) is 10.0 Å². The van der Waals surface area contributed by atoms with E-state index in [2.05, 4.69) is 0 Å². The molecule has 1 aliphatic heterocycles. The summed E-state index contributed by atoms with van der Waals surface area (Å²) in [7, 11) is -7.71. The molecule has 1 heterocycles. The third-order valence-corrected chi connectivity index (χ3v) is 6.60. The molecule has 0 spiro atoms. The maximum absolute atomic E-state index is 13.0. The number of nitrogens with two attached hydrogens (primary N) is 1. The molecule has 0 unspecified atom stereocenters. The first kappa shape index (κ1) is 16.9. The summed E-state index contributed by atoms with van der Waals surface area (Å²) in [6.07, 6.45) is 1.09. The summed E-state index contributed by atoms with van der Waals surface area (Å²) in [5.41, 5.74) is 1.01. The lowest BCUT2D eigenvalue weighted by Gasteiger charge is -2.30. The van der Waals surface area contributed by atoms with Gasteiger partial charge in [0.15, 0.2) is 0 Å². The molecule has 0 atom stereocenters. The van der Waals surface area contributed by atoms with E-state index in [1.807, 2.05) is 0 Å². The van der Waals surface area contributed by atoms with E-state index in [1.54, 1.807) is 0 Å². The third kappa shape index (κ3) is 3.02. The molecular weight excluding hydrogens is 355 g/mol. The fraction of sp³-hybridized carbons (Fsp3) is 0.200. The van der Waals surface area contributed by atoms with E-state index in [-0.39, 0.29) is 16.3 Å². The number of primary sulfonamides is 1. The molecule has 0 amide bonds. The minimum atomic E-state index is -3.86. The fourth-order valence-corrected chi connectivity index (χ4v) is 4.80. The molecule has 0 saturated carbocycles. The molecule has 0 saturated heterocycles. The van der Waals surface area contributed by atoms with Gasteiger partial charge in [-0.3, -0.25) is 4.31 Å². The van der Waals surface area contributed by atoms with E-state index in [9.17, 15) is 21.2 Å². The summed E-state index contributed by atoms with van der Waals surface area (Å²) in [6, 6.07) is 8.71. The topological polar surface area (TPSA) is 97.5 Å². The number of halogens is 1. The third-order valence-electron chi connectivity index (χ3n) is 3.86. The zero-order chi connectivity index (χ0) is 17.5. The van der Waals surface area contributed by atoms with Crippen LogP contribution in [0.25, 0.3) is 0 Å². The maximum Gasteiger partial charge on any atom is 0.264 e. The zero-order valence-electron chi connectivity index (χ0n) is 12.5. The smallest absolute Gasteiger partial charge is 0.264 e. The molecule has 0 radical (unpaired) electrons. The second-order valence-electron chi connectivity index (χ2n) is 5.47. The summed E-state index contributed by atoms with van der Waals surface area (Å²) in [5.74, 6) is -0.522. The van der Waals surface area contributed by atoms with Gasteiger partial charge in [0.1, 0.15) is 5.82 Å². The molecule has 24 heavy (non-hydrogen) atoms. The largest absolute Gasteiger partial charge is 0.266 e. The van der Waals surface area contributed by atoms with Crippen LogP contribution in [0.4, 0.5) is 10.1 Å². The van der Waals surface area contributed by atoms with Gasteiger partial charge in [-0.05, 0) is 60.9 Å². The van der Waals surface area contributed by atoms with E-state index in [4.69, 9.17) is 5.14 Å². The van der Waals surface area contributed by atoms with E-state index in [1.165, 1.54) is 34.6 Å². The van der Waals surface area contributed by atoms with Gasteiger partial charge in [-0.25, -0.2) is 26.4 Å². The summed E-state index contributed by atoms with van der Waals surface area (Å²) >= 11 is 0. The van der Waals surface area contributed by atoms with Crippen LogP contribution in [0, 0.1) is 5.82 Å². The van der Waals surface area contributed by atoms with Crippen LogP contribution in [-0.2, 0) is 26.5 Å². The molecule has 6 nitrogen and oxygen atoms in total. The number of nitrogens with zero attached hydrogens (tertiary/aromatic N) is 1. The van der Waals surface area contributed by atoms with Crippen LogP contribution in [-0.4, -0.2) is 23.4 Å². The van der Waals surface area contributed by atoms with Crippen molar-refractivity contribution >= 4 is 25.7 Å². The summed E-state index contributed by atoms with van der Waals surface area (Å²) in [5, 5.41) is 5.12. The highest BCUT2D eigenvalue weighted by Crippen LogP contribution is 2.33. The van der Waals surface area contributed by atoms with Gasteiger partial charge >= 0.3 is 0 Å². The van der Waals surface area contributed by atoms with Crippen molar-refractivity contribution in [2.45, 2.75) is 22.6 Å². The van der Waals surface area contributed by atoms with Crippen LogP contribution in [0.1, 0.15) is 12.0 Å². The highest BCUT2D eigenvalue weighted by molar-refractivity contribution is 7.92. The van der Waals surface area contributed by atoms with E-state index < -0.39 is 25.9 Å². The first-order chi connectivity index (χ1) is 11.2. The lowest BCUT2D eigenvalue weighted by Crippen LogP contribution is -2.35. The summed E-state index contributed by atoms with van der Waals surface area (Å²) in [4.78, 5) is -0.0745. The average molecular weight is 370 g/mol. The van der Waals surface area contributed by atoms with E-state index >= 15 is 0 Å². The number of anilines is 1. The molecule has 0 aromatic heterocycles. The number of hydrogen-bond acceptors (Lipinski definition) is 4. The number of rotatable bonds is 3. The van der Waals surface area contributed by atoms with Crippen molar-refractivity contribution in [2.24, 2.45) is 5.14 Å². The molecule has 0 aliphatic carbocycles. The molecule has 9 heteroatoms. The quantitative estimate of drug-likeness (QED) is 0.888. The van der Waals surface area contributed by atoms with Crippen molar-refractivity contribution in [1.82, 2.24) is 0 Å². The van der Waals surface area contributed by atoms with Crippen LogP contribution in [0.5, 0.6) is 0 Å². The Balaban J connectivity index is 2.08. The number of aryl methyl sites for hydroxylation is 1. The Hall–Kier alpha value is -1.97. The number of hydrogen-bond donors (Lipinski definition) is 1. The Morgan fingerprint density at radius 3 is 2.21 bits per heavy atom. The Labute approximate surface area is 139 Å². The monoisotopic (exact) mass is 370 g/mol. The molecule has 2 aromatic rings. The van der Waals surface area contributed by atoms with Crippen LogP contribution in [0.3, 0.4) is 0 Å². The summed E-state index contributed by atoms with van der Waals surface area (Å²) < 4.78 is 62.8. The standard InChI is InChI=1S/C15H15FN2O4S2/c16-12-3-5-13(6-4-12)24(21,22)18-9-1-2-11-10-14(23(17,19)20)7-8-15(11)18/h3-8,10H,1-2,9H2,(H2,17,19,20). The lowest BCUT2D eigenvalue weighted by atomic mass is 10.0. The Bertz CT molecular complexity index is 987. The van der Waals surface area contributed by atoms with Crippen molar-refractivity contribution in [2.75, 3.05) is 10.8 Å². The van der Waals surface area contributed by atoms with Crippen LogP contribution >= 0.6 is 0 Å². The van der Waals surface area contributed by atoms with Gasteiger partial charge in [0.05, 0.1) is 15.5 Å². The van der Waals surface area contributed by atoms with Crippen molar-refractivity contribution in [3.63, 3.8) is 0 Å². The number of benzene rings is 2. The first-order valence-electron chi connectivity index (χ1n) is 7.13. The molecule has 128 valence electrons. The van der Waals surface area contributed by atoms with Crippen molar-refractivity contribution < 1.29 is 21.2 Å². The normalized spacial score (nSPS) is 15.2. The molecule has 2 aromatic carbocycles. The Morgan fingerprint density at radius 1 is 0.958 bits per heavy atom. The fourth-order valence-electron chi connectivity index (χ4n) is 2.70. The highest BCUT2D eigenvalue weighted by atomic mass is 32.2. The van der Waals surface area contributed by atoms with Gasteiger partial charge in [0, 0.05) is 6.54 Å². The SMILES string of the molecule is NS(=O)(=O)c1ccc2c(c1)CCCN2S(=O)(=O)c1ccc(F)cc1. The van der Waals surface area contributed by atoms with Crippen LogP contribution < -0.4 is 9.44 Å². The van der Waals surface area contributed by atoms with Crippen LogP contribution in [0.15, 0.2) is 52.3 Å². The summed E-state index contributed by atoms with van der Waals surface area (Å²) in [6.45, 7) is 0.265. The number of sulfonamides is 2. The minimum Gasteiger partial charge on any atom is -0.266 e. The molecular formula is C15H15FN2O4S2. The molecule has 0 fully saturated rings. The van der Waals surface area contributed by atoms with E-state index in [0.717, 1.165) is 12.1 Å². The van der Waals surface area contributed by atoms with Crippen LogP contribution in [0.2, 0.25) is 0 Å². The maximum atomic E-state index is 13.0. The van der Waals surface area contributed by atoms with Gasteiger partial charge in [-0.2, -0.15) is 0 Å². The lowest BCUT2D eigenvalue weighted by molar-refractivity contribution is 0.585. The zero-order valence-corrected chi connectivity index (χ0v) is 14.1. The van der Waals surface area contributed by atoms with E-state index in [0.29, 0.717) is 24.1 Å². The first-order valence-corrected chi connectivity index (χ1v) is 10.1.